The zero-order valence-electron chi connectivity index (χ0n) is 11.5. The Morgan fingerprint density at radius 2 is 1.80 bits per heavy atom. The Kier molecular flexibility index (Phi) is 4.30. The number of amides is 1. The van der Waals surface area contributed by atoms with Gasteiger partial charge in [-0.15, -0.1) is 0 Å². The zero-order valence-corrected chi connectivity index (χ0v) is 12.2. The molecule has 2 aromatic carbocycles. The van der Waals surface area contributed by atoms with Gasteiger partial charge in [-0.25, -0.2) is 0 Å². The van der Waals surface area contributed by atoms with Crippen molar-refractivity contribution < 1.29 is 4.79 Å². The molecule has 0 spiro atoms. The maximum atomic E-state index is 12.1. The van der Waals surface area contributed by atoms with Gasteiger partial charge >= 0.3 is 0 Å². The molecule has 0 saturated heterocycles. The number of hydrogen-bond acceptors (Lipinski definition) is 2. The molecule has 0 aliphatic heterocycles. The molecular weight excluding hydrogens is 272 g/mol. The third kappa shape index (κ3) is 3.31. The number of nitrogens with two attached hydrogens (primary N) is 1. The normalized spacial score (nSPS) is 10.6. The summed E-state index contributed by atoms with van der Waals surface area (Å²) in [6.07, 6.45) is 0. The molecule has 0 atom stereocenters. The van der Waals surface area contributed by atoms with E-state index in [2.05, 4.69) is 19.2 Å². The molecule has 0 unspecified atom stereocenters. The number of anilines is 2. The lowest BCUT2D eigenvalue weighted by atomic mass is 10.0. The van der Waals surface area contributed by atoms with Crippen molar-refractivity contribution >= 4 is 28.9 Å². The average Bonchev–Trinajstić information content (AvgIpc) is 2.42. The van der Waals surface area contributed by atoms with Crippen molar-refractivity contribution in [3.63, 3.8) is 0 Å². The summed E-state index contributed by atoms with van der Waals surface area (Å²) in [5, 5.41) is 3.32. The van der Waals surface area contributed by atoms with Crippen LogP contribution in [0.5, 0.6) is 0 Å². The van der Waals surface area contributed by atoms with Crippen LogP contribution in [0.15, 0.2) is 42.5 Å². The number of rotatable bonds is 3. The Bertz CT molecular complexity index is 621. The van der Waals surface area contributed by atoms with Crippen molar-refractivity contribution in [3.8, 4) is 0 Å². The van der Waals surface area contributed by atoms with Crippen LogP contribution in [0, 0.1) is 0 Å². The summed E-state index contributed by atoms with van der Waals surface area (Å²) in [6.45, 7) is 4.23. The molecule has 2 aromatic rings. The van der Waals surface area contributed by atoms with Gasteiger partial charge < -0.3 is 11.1 Å². The highest BCUT2D eigenvalue weighted by Gasteiger charge is 2.09. The first-order chi connectivity index (χ1) is 9.47. The summed E-state index contributed by atoms with van der Waals surface area (Å²) in [7, 11) is 0. The van der Waals surface area contributed by atoms with E-state index in [1.165, 1.54) is 5.56 Å². The highest BCUT2D eigenvalue weighted by Crippen LogP contribution is 2.23. The minimum atomic E-state index is -0.186. The maximum Gasteiger partial charge on any atom is 0.255 e. The minimum Gasteiger partial charge on any atom is -0.397 e. The van der Waals surface area contributed by atoms with Crippen LogP contribution in [0.1, 0.15) is 35.7 Å². The summed E-state index contributed by atoms with van der Waals surface area (Å²) in [4.78, 5) is 12.1. The number of halogens is 1. The van der Waals surface area contributed by atoms with E-state index < -0.39 is 0 Å². The first kappa shape index (κ1) is 14.4. The number of carbonyl (C=O) groups is 1. The lowest BCUT2D eigenvalue weighted by Crippen LogP contribution is -2.13. The Labute approximate surface area is 123 Å². The summed E-state index contributed by atoms with van der Waals surface area (Å²) < 4.78 is 0. The SMILES string of the molecule is CC(C)c1ccc(C(=O)Nc2ccc(Cl)cc2N)cc1. The summed E-state index contributed by atoms with van der Waals surface area (Å²) in [5.41, 5.74) is 8.63. The molecule has 3 N–H and O–H groups in total. The minimum absolute atomic E-state index is 0.186. The Morgan fingerprint density at radius 1 is 1.15 bits per heavy atom. The first-order valence-corrected chi connectivity index (χ1v) is 6.81. The molecule has 3 nitrogen and oxygen atoms in total. The van der Waals surface area contributed by atoms with Crippen molar-refractivity contribution in [2.45, 2.75) is 19.8 Å². The number of nitrogen functional groups attached to an aromatic ring is 1. The second-order valence-corrected chi connectivity index (χ2v) is 5.40. The van der Waals surface area contributed by atoms with Crippen molar-refractivity contribution in [3.05, 3.63) is 58.6 Å². The van der Waals surface area contributed by atoms with Gasteiger partial charge in [-0.05, 0) is 41.8 Å². The zero-order chi connectivity index (χ0) is 14.7. The molecule has 0 bridgehead atoms. The number of hydrogen-bond donors (Lipinski definition) is 2. The van der Waals surface area contributed by atoms with Gasteiger partial charge in [0.05, 0.1) is 11.4 Å². The van der Waals surface area contributed by atoms with Crippen molar-refractivity contribution in [2.75, 3.05) is 11.1 Å². The molecule has 0 heterocycles. The molecule has 0 saturated carbocycles. The van der Waals surface area contributed by atoms with Gasteiger partial charge in [-0.3, -0.25) is 4.79 Å². The quantitative estimate of drug-likeness (QED) is 0.828. The van der Waals surface area contributed by atoms with Crippen molar-refractivity contribution in [1.82, 2.24) is 0 Å². The Hall–Kier alpha value is -2.00. The van der Waals surface area contributed by atoms with Crippen LogP contribution in [0.4, 0.5) is 11.4 Å². The van der Waals surface area contributed by atoms with Crippen LogP contribution < -0.4 is 11.1 Å². The van der Waals surface area contributed by atoms with Gasteiger partial charge in [0.25, 0.3) is 5.91 Å². The molecule has 0 aliphatic rings. The Balaban J connectivity index is 2.15. The van der Waals surface area contributed by atoms with Crippen LogP contribution in [0.2, 0.25) is 5.02 Å². The topological polar surface area (TPSA) is 55.1 Å². The fraction of sp³-hybridized carbons (Fsp3) is 0.188. The molecular formula is C16H17ClN2O. The molecule has 1 amide bonds. The van der Waals surface area contributed by atoms with Gasteiger partial charge in [0.2, 0.25) is 0 Å². The molecule has 104 valence electrons. The van der Waals surface area contributed by atoms with E-state index in [0.717, 1.165) is 0 Å². The van der Waals surface area contributed by atoms with Crippen LogP contribution in [0.25, 0.3) is 0 Å². The van der Waals surface area contributed by atoms with E-state index in [9.17, 15) is 4.79 Å². The van der Waals surface area contributed by atoms with Gasteiger partial charge in [-0.1, -0.05) is 37.6 Å². The largest absolute Gasteiger partial charge is 0.397 e. The van der Waals surface area contributed by atoms with Crippen molar-refractivity contribution in [1.29, 1.82) is 0 Å². The predicted molar refractivity (Wildman–Crippen MR) is 84.3 cm³/mol. The molecule has 2 rings (SSSR count). The lowest BCUT2D eigenvalue weighted by molar-refractivity contribution is 0.102. The molecule has 0 radical (unpaired) electrons. The number of benzene rings is 2. The molecule has 0 aliphatic carbocycles. The van der Waals surface area contributed by atoms with Gasteiger partial charge in [0.15, 0.2) is 0 Å². The number of carbonyl (C=O) groups excluding carboxylic acids is 1. The Morgan fingerprint density at radius 3 is 2.35 bits per heavy atom. The second kappa shape index (κ2) is 5.97. The third-order valence-electron chi connectivity index (χ3n) is 3.10. The molecule has 0 fully saturated rings. The highest BCUT2D eigenvalue weighted by molar-refractivity contribution is 6.31. The maximum absolute atomic E-state index is 12.1. The van der Waals surface area contributed by atoms with Gasteiger partial charge in [-0.2, -0.15) is 0 Å². The fourth-order valence-corrected chi connectivity index (χ4v) is 2.04. The smallest absolute Gasteiger partial charge is 0.255 e. The van der Waals surface area contributed by atoms with E-state index in [1.54, 1.807) is 18.2 Å². The van der Waals surface area contributed by atoms with Crippen LogP contribution in [-0.2, 0) is 0 Å². The molecule has 0 aromatic heterocycles. The second-order valence-electron chi connectivity index (χ2n) is 4.96. The third-order valence-corrected chi connectivity index (χ3v) is 3.34. The van der Waals surface area contributed by atoms with E-state index in [-0.39, 0.29) is 5.91 Å². The monoisotopic (exact) mass is 288 g/mol. The fourth-order valence-electron chi connectivity index (χ4n) is 1.86. The first-order valence-electron chi connectivity index (χ1n) is 6.43. The van der Waals surface area contributed by atoms with Crippen molar-refractivity contribution in [2.24, 2.45) is 0 Å². The van der Waals surface area contributed by atoms with Crippen LogP contribution in [0.3, 0.4) is 0 Å². The predicted octanol–water partition coefficient (Wildman–Crippen LogP) is 4.30. The van der Waals surface area contributed by atoms with E-state index in [4.69, 9.17) is 17.3 Å². The standard InChI is InChI=1S/C16H17ClN2O/c1-10(2)11-3-5-12(6-4-11)16(20)19-15-8-7-13(17)9-14(15)18/h3-10H,18H2,1-2H3,(H,19,20). The highest BCUT2D eigenvalue weighted by atomic mass is 35.5. The summed E-state index contributed by atoms with van der Waals surface area (Å²) in [6, 6.07) is 12.6. The van der Waals surface area contributed by atoms with Gasteiger partial charge in [0, 0.05) is 10.6 Å². The van der Waals surface area contributed by atoms with E-state index in [1.807, 2.05) is 24.3 Å². The summed E-state index contributed by atoms with van der Waals surface area (Å²) in [5.74, 6) is 0.258. The lowest BCUT2D eigenvalue weighted by Gasteiger charge is -2.10. The van der Waals surface area contributed by atoms with E-state index >= 15 is 0 Å². The summed E-state index contributed by atoms with van der Waals surface area (Å²) >= 11 is 5.82. The molecule has 20 heavy (non-hydrogen) atoms. The average molecular weight is 289 g/mol. The van der Waals surface area contributed by atoms with Crippen LogP contribution in [-0.4, -0.2) is 5.91 Å². The van der Waals surface area contributed by atoms with E-state index in [0.29, 0.717) is 27.9 Å². The van der Waals surface area contributed by atoms with Crippen LogP contribution >= 0.6 is 11.6 Å². The van der Waals surface area contributed by atoms with Gasteiger partial charge in [0.1, 0.15) is 0 Å². The number of nitrogens with one attached hydrogen (secondary N) is 1. The molecule has 4 heteroatoms.